The van der Waals surface area contributed by atoms with E-state index < -0.39 is 0 Å². The van der Waals surface area contributed by atoms with Gasteiger partial charge in [-0.1, -0.05) is 32.9 Å². The van der Waals surface area contributed by atoms with E-state index in [1.165, 1.54) is 0 Å². The van der Waals surface area contributed by atoms with Gasteiger partial charge in [0.1, 0.15) is 23.1 Å². The summed E-state index contributed by atoms with van der Waals surface area (Å²) in [7, 11) is 0. The maximum atomic E-state index is 13.6. The van der Waals surface area contributed by atoms with Gasteiger partial charge in [-0.3, -0.25) is 9.78 Å². The molecule has 9 heteroatoms. The van der Waals surface area contributed by atoms with Crippen LogP contribution in [-0.2, 0) is 5.41 Å². The molecule has 202 valence electrons. The highest BCUT2D eigenvalue weighted by Gasteiger charge is 2.33. The van der Waals surface area contributed by atoms with Crippen molar-refractivity contribution in [3.05, 3.63) is 78.0 Å². The van der Waals surface area contributed by atoms with Crippen LogP contribution in [0.4, 0.5) is 17.2 Å². The average molecular weight is 533 g/mol. The van der Waals surface area contributed by atoms with E-state index in [0.717, 1.165) is 60.0 Å². The van der Waals surface area contributed by atoms with E-state index >= 15 is 0 Å². The number of carbonyl (C=O) groups excluding carboxylic acids is 1. The van der Waals surface area contributed by atoms with Gasteiger partial charge in [0.25, 0.3) is 5.91 Å². The van der Waals surface area contributed by atoms with E-state index in [0.29, 0.717) is 30.4 Å². The van der Waals surface area contributed by atoms with Gasteiger partial charge in [-0.05, 0) is 55.2 Å². The lowest BCUT2D eigenvalue weighted by Crippen LogP contribution is -2.48. The molecular weight excluding hydrogens is 500 g/mol. The Labute approximate surface area is 234 Å². The SMILES string of the molecule is CC(C)(C)c1nc(N2CCC(CN3CN(c4ccnc(C#N)c4)c4ccccc4C3=O)CC2)c2ncccc2n1. The topological polar surface area (TPSA) is 102 Å². The van der Waals surface area contributed by atoms with Crippen LogP contribution in [0.1, 0.15) is 55.5 Å². The lowest BCUT2D eigenvalue weighted by molar-refractivity contribution is 0.0710. The van der Waals surface area contributed by atoms with Gasteiger partial charge in [-0.25, -0.2) is 15.0 Å². The Hall–Kier alpha value is -4.58. The van der Waals surface area contributed by atoms with Crippen molar-refractivity contribution in [3.8, 4) is 6.07 Å². The highest BCUT2D eigenvalue weighted by atomic mass is 16.2. The summed E-state index contributed by atoms with van der Waals surface area (Å²) in [6.45, 7) is 9.18. The van der Waals surface area contributed by atoms with Crippen molar-refractivity contribution in [2.24, 2.45) is 5.92 Å². The van der Waals surface area contributed by atoms with E-state index in [2.05, 4.69) is 46.6 Å². The van der Waals surface area contributed by atoms with Crippen molar-refractivity contribution in [3.63, 3.8) is 0 Å². The van der Waals surface area contributed by atoms with Gasteiger partial charge in [0.15, 0.2) is 5.82 Å². The van der Waals surface area contributed by atoms with Crippen LogP contribution in [0.15, 0.2) is 60.9 Å². The van der Waals surface area contributed by atoms with E-state index in [-0.39, 0.29) is 11.3 Å². The minimum Gasteiger partial charge on any atom is -0.355 e. The third-order valence-corrected chi connectivity index (χ3v) is 7.69. The van der Waals surface area contributed by atoms with Crippen LogP contribution in [0.3, 0.4) is 0 Å². The highest BCUT2D eigenvalue weighted by Crippen LogP contribution is 2.35. The Balaban J connectivity index is 1.21. The standard InChI is InChI=1S/C31H32N8O/c1-31(2,3)30-35-25-8-6-13-34-27(25)28(36-30)37-15-11-21(12-16-37)19-38-20-39(23-10-14-33-22(17-23)18-32)26-9-5-4-7-24(26)29(38)40/h4-10,13-14,17,21H,11-12,15-16,19-20H2,1-3H3. The van der Waals surface area contributed by atoms with Crippen LogP contribution in [-0.4, -0.2) is 57.0 Å². The minimum atomic E-state index is -0.170. The zero-order valence-corrected chi connectivity index (χ0v) is 23.1. The fourth-order valence-corrected chi connectivity index (χ4v) is 5.53. The third-order valence-electron chi connectivity index (χ3n) is 7.69. The van der Waals surface area contributed by atoms with Crippen LogP contribution in [0.2, 0.25) is 0 Å². The number of hydrogen-bond acceptors (Lipinski definition) is 8. The van der Waals surface area contributed by atoms with Gasteiger partial charge < -0.3 is 14.7 Å². The molecule has 3 aromatic heterocycles. The summed E-state index contributed by atoms with van der Waals surface area (Å²) in [5.74, 6) is 2.12. The molecule has 0 unspecified atom stereocenters. The molecule has 1 amide bonds. The van der Waals surface area contributed by atoms with E-state index in [9.17, 15) is 10.1 Å². The number of carbonyl (C=O) groups is 1. The Bertz CT molecular complexity index is 1610. The maximum absolute atomic E-state index is 13.6. The monoisotopic (exact) mass is 532 g/mol. The minimum absolute atomic E-state index is 0.0460. The van der Waals surface area contributed by atoms with Crippen LogP contribution in [0.5, 0.6) is 0 Å². The van der Waals surface area contributed by atoms with Gasteiger partial charge >= 0.3 is 0 Å². The molecule has 0 saturated carbocycles. The molecule has 5 heterocycles. The Morgan fingerprint density at radius 2 is 1.80 bits per heavy atom. The predicted molar refractivity (Wildman–Crippen MR) is 154 cm³/mol. The summed E-state index contributed by atoms with van der Waals surface area (Å²) in [4.78, 5) is 38.4. The van der Waals surface area contributed by atoms with Crippen molar-refractivity contribution >= 4 is 34.1 Å². The first kappa shape index (κ1) is 25.7. The van der Waals surface area contributed by atoms with Crippen molar-refractivity contribution in [2.75, 3.05) is 36.1 Å². The highest BCUT2D eigenvalue weighted by molar-refractivity contribution is 6.02. The van der Waals surface area contributed by atoms with Gasteiger partial charge in [0.2, 0.25) is 0 Å². The average Bonchev–Trinajstić information content (AvgIpc) is 2.98. The molecule has 0 aliphatic carbocycles. The number of aromatic nitrogens is 4. The van der Waals surface area contributed by atoms with Gasteiger partial charge in [-0.15, -0.1) is 0 Å². The largest absolute Gasteiger partial charge is 0.355 e. The maximum Gasteiger partial charge on any atom is 0.257 e. The van der Waals surface area contributed by atoms with Crippen LogP contribution in [0, 0.1) is 17.2 Å². The van der Waals surface area contributed by atoms with Crippen molar-refractivity contribution < 1.29 is 4.79 Å². The van der Waals surface area contributed by atoms with Gasteiger partial charge in [0.05, 0.1) is 23.4 Å². The lowest BCUT2D eigenvalue weighted by atomic mass is 9.94. The van der Waals surface area contributed by atoms with Crippen LogP contribution in [0.25, 0.3) is 11.0 Å². The number of nitriles is 1. The molecule has 9 nitrogen and oxygen atoms in total. The number of nitrogens with zero attached hydrogens (tertiary/aromatic N) is 8. The second-order valence-electron chi connectivity index (χ2n) is 11.5. The first-order valence-electron chi connectivity index (χ1n) is 13.7. The fourth-order valence-electron chi connectivity index (χ4n) is 5.53. The Morgan fingerprint density at radius 3 is 2.58 bits per heavy atom. The Morgan fingerprint density at radius 1 is 1.00 bits per heavy atom. The summed E-state index contributed by atoms with van der Waals surface area (Å²) < 4.78 is 0. The Kier molecular flexibility index (Phi) is 6.54. The molecule has 1 fully saturated rings. The number of amides is 1. The lowest BCUT2D eigenvalue weighted by Gasteiger charge is -2.41. The quantitative estimate of drug-likeness (QED) is 0.360. The number of hydrogen-bond donors (Lipinski definition) is 0. The molecule has 4 aromatic rings. The predicted octanol–water partition coefficient (Wildman–Crippen LogP) is 5.06. The zero-order chi connectivity index (χ0) is 27.9. The second kappa shape index (κ2) is 10.2. The molecule has 2 aliphatic heterocycles. The molecular formula is C31H32N8O. The molecule has 0 atom stereocenters. The number of para-hydroxylation sites is 1. The molecule has 0 N–H and O–H groups in total. The smallest absolute Gasteiger partial charge is 0.257 e. The summed E-state index contributed by atoms with van der Waals surface area (Å²) in [6, 6.07) is 17.4. The van der Waals surface area contributed by atoms with E-state index in [1.54, 1.807) is 18.5 Å². The molecule has 40 heavy (non-hydrogen) atoms. The normalized spacial score (nSPS) is 16.2. The van der Waals surface area contributed by atoms with Crippen LogP contribution >= 0.6 is 0 Å². The summed E-state index contributed by atoms with van der Waals surface area (Å²) >= 11 is 0. The number of piperidine rings is 1. The molecule has 0 radical (unpaired) electrons. The molecule has 1 aromatic carbocycles. The fraction of sp³-hybridized carbons (Fsp3) is 0.355. The molecule has 6 rings (SSSR count). The van der Waals surface area contributed by atoms with Crippen LogP contribution < -0.4 is 9.80 Å². The summed E-state index contributed by atoms with van der Waals surface area (Å²) in [6.07, 6.45) is 5.33. The first-order valence-corrected chi connectivity index (χ1v) is 13.7. The summed E-state index contributed by atoms with van der Waals surface area (Å²) in [5.41, 5.74) is 4.27. The molecule has 0 bridgehead atoms. The number of benzene rings is 1. The second-order valence-corrected chi connectivity index (χ2v) is 11.5. The zero-order valence-electron chi connectivity index (χ0n) is 23.1. The number of pyridine rings is 2. The molecule has 2 aliphatic rings. The van der Waals surface area contributed by atoms with E-state index in [1.807, 2.05) is 47.4 Å². The molecule has 0 spiro atoms. The van der Waals surface area contributed by atoms with Crippen molar-refractivity contribution in [1.29, 1.82) is 5.26 Å². The van der Waals surface area contributed by atoms with Crippen molar-refractivity contribution in [2.45, 2.75) is 39.0 Å². The van der Waals surface area contributed by atoms with Crippen molar-refractivity contribution in [1.82, 2.24) is 24.8 Å². The first-order chi connectivity index (χ1) is 19.3. The number of fused-ring (bicyclic) bond motifs is 2. The van der Waals surface area contributed by atoms with Gasteiger partial charge in [0, 0.05) is 43.1 Å². The number of anilines is 3. The third kappa shape index (κ3) is 4.81. The van der Waals surface area contributed by atoms with Gasteiger partial charge in [-0.2, -0.15) is 5.26 Å². The summed E-state index contributed by atoms with van der Waals surface area (Å²) in [5, 5.41) is 9.37. The van der Waals surface area contributed by atoms with E-state index in [4.69, 9.17) is 9.97 Å². The molecule has 1 saturated heterocycles. The number of rotatable bonds is 4.